The minimum Gasteiger partial charge on any atom is -0.355 e. The zero-order valence-electron chi connectivity index (χ0n) is 16.3. The first-order chi connectivity index (χ1) is 11.8. The van der Waals surface area contributed by atoms with Crippen LogP contribution in [0.1, 0.15) is 70.9 Å². The van der Waals surface area contributed by atoms with E-state index in [0.29, 0.717) is 6.04 Å². The molecule has 1 heterocycles. The first-order valence-electron chi connectivity index (χ1n) is 9.92. The Labute approximate surface area is 153 Å². The van der Waals surface area contributed by atoms with Gasteiger partial charge in [0.1, 0.15) is 0 Å². The van der Waals surface area contributed by atoms with E-state index in [1.165, 1.54) is 30.4 Å². The molecule has 1 saturated heterocycles. The number of amides is 1. The van der Waals surface area contributed by atoms with Gasteiger partial charge in [0.05, 0.1) is 0 Å². The van der Waals surface area contributed by atoms with Gasteiger partial charge >= 0.3 is 0 Å². The standard InChI is InChI=1S/C22H34N2O/c1-16-14-17(10-13-23-16)20(25)24-15-22(11-5-12-22)19-8-6-18(7-9-19)21(2,3)4/h6-9,16-17,23H,5,10-15H2,1-4H3,(H,24,25)/t16-,17-/m0/s1. The normalized spacial score (nSPS) is 25.9. The molecule has 2 atom stereocenters. The number of benzene rings is 1. The maximum Gasteiger partial charge on any atom is 0.223 e. The first kappa shape index (κ1) is 18.4. The Hall–Kier alpha value is -1.35. The van der Waals surface area contributed by atoms with Crippen molar-refractivity contribution in [3.8, 4) is 0 Å². The summed E-state index contributed by atoms with van der Waals surface area (Å²) in [7, 11) is 0. The molecule has 2 aliphatic rings. The molecule has 1 amide bonds. The molecular weight excluding hydrogens is 308 g/mol. The van der Waals surface area contributed by atoms with E-state index in [2.05, 4.69) is 62.6 Å². The smallest absolute Gasteiger partial charge is 0.223 e. The number of hydrogen-bond donors (Lipinski definition) is 2. The number of nitrogens with one attached hydrogen (secondary N) is 2. The van der Waals surface area contributed by atoms with Gasteiger partial charge in [-0.1, -0.05) is 51.5 Å². The monoisotopic (exact) mass is 342 g/mol. The third-order valence-corrected chi connectivity index (χ3v) is 6.27. The van der Waals surface area contributed by atoms with Crippen molar-refractivity contribution in [2.75, 3.05) is 13.1 Å². The van der Waals surface area contributed by atoms with Crippen molar-refractivity contribution in [1.82, 2.24) is 10.6 Å². The lowest BCUT2D eigenvalue weighted by Crippen LogP contribution is -2.49. The van der Waals surface area contributed by atoms with Crippen molar-refractivity contribution < 1.29 is 4.79 Å². The Morgan fingerprint density at radius 3 is 2.44 bits per heavy atom. The summed E-state index contributed by atoms with van der Waals surface area (Å²) in [6, 6.07) is 9.57. The summed E-state index contributed by atoms with van der Waals surface area (Å²) in [5.74, 6) is 0.433. The Morgan fingerprint density at radius 1 is 1.24 bits per heavy atom. The van der Waals surface area contributed by atoms with Crippen molar-refractivity contribution >= 4 is 5.91 Å². The van der Waals surface area contributed by atoms with Gasteiger partial charge in [-0.2, -0.15) is 0 Å². The highest BCUT2D eigenvalue weighted by atomic mass is 16.1. The Kier molecular flexibility index (Phi) is 5.24. The molecule has 0 bridgehead atoms. The summed E-state index contributed by atoms with van der Waals surface area (Å²) in [4.78, 5) is 12.6. The molecule has 1 aliphatic heterocycles. The van der Waals surface area contributed by atoms with Crippen molar-refractivity contribution in [3.63, 3.8) is 0 Å². The van der Waals surface area contributed by atoms with Crippen LogP contribution in [0.3, 0.4) is 0 Å². The lowest BCUT2D eigenvalue weighted by atomic mass is 9.64. The number of piperidine rings is 1. The summed E-state index contributed by atoms with van der Waals surface area (Å²) in [6.07, 6.45) is 5.55. The van der Waals surface area contributed by atoms with Gasteiger partial charge in [-0.3, -0.25) is 4.79 Å². The summed E-state index contributed by atoms with van der Waals surface area (Å²) >= 11 is 0. The zero-order valence-corrected chi connectivity index (χ0v) is 16.3. The predicted octanol–water partition coefficient (Wildman–Crippen LogP) is 3.91. The summed E-state index contributed by atoms with van der Waals surface area (Å²) in [5, 5.41) is 6.72. The molecule has 0 radical (unpaired) electrons. The lowest BCUT2D eigenvalue weighted by Gasteiger charge is -2.43. The molecule has 0 spiro atoms. The second-order valence-corrected chi connectivity index (χ2v) is 9.26. The van der Waals surface area contributed by atoms with Crippen LogP contribution in [0.25, 0.3) is 0 Å². The fraction of sp³-hybridized carbons (Fsp3) is 0.682. The van der Waals surface area contributed by atoms with Gasteiger partial charge in [0.15, 0.2) is 0 Å². The largest absolute Gasteiger partial charge is 0.355 e. The van der Waals surface area contributed by atoms with Crippen LogP contribution in [0.2, 0.25) is 0 Å². The van der Waals surface area contributed by atoms with E-state index in [0.717, 1.165) is 25.9 Å². The molecule has 1 aromatic carbocycles. The quantitative estimate of drug-likeness (QED) is 0.871. The molecule has 1 aliphatic carbocycles. The van der Waals surface area contributed by atoms with E-state index in [1.54, 1.807) is 0 Å². The topological polar surface area (TPSA) is 41.1 Å². The van der Waals surface area contributed by atoms with Gasteiger partial charge in [-0.05, 0) is 55.7 Å². The number of carbonyl (C=O) groups excluding carboxylic acids is 1. The van der Waals surface area contributed by atoms with Crippen LogP contribution in [0.4, 0.5) is 0 Å². The fourth-order valence-electron chi connectivity index (χ4n) is 4.27. The Bertz CT molecular complexity index is 595. The number of rotatable bonds is 4. The van der Waals surface area contributed by atoms with Crippen molar-refractivity contribution in [2.45, 2.75) is 76.7 Å². The summed E-state index contributed by atoms with van der Waals surface area (Å²) in [5.41, 5.74) is 3.11. The van der Waals surface area contributed by atoms with Gasteiger partial charge in [-0.25, -0.2) is 0 Å². The molecule has 3 heteroatoms. The van der Waals surface area contributed by atoms with Crippen LogP contribution < -0.4 is 10.6 Å². The molecule has 1 saturated carbocycles. The Balaban J connectivity index is 1.64. The lowest BCUT2D eigenvalue weighted by molar-refractivity contribution is -0.126. The highest BCUT2D eigenvalue weighted by Gasteiger charge is 2.39. The maximum absolute atomic E-state index is 12.6. The zero-order chi connectivity index (χ0) is 18.1. The molecule has 25 heavy (non-hydrogen) atoms. The van der Waals surface area contributed by atoms with E-state index < -0.39 is 0 Å². The van der Waals surface area contributed by atoms with E-state index in [-0.39, 0.29) is 22.7 Å². The Morgan fingerprint density at radius 2 is 1.92 bits per heavy atom. The number of hydrogen-bond acceptors (Lipinski definition) is 2. The van der Waals surface area contributed by atoms with Crippen LogP contribution in [0.5, 0.6) is 0 Å². The molecular formula is C22H34N2O. The van der Waals surface area contributed by atoms with Gasteiger partial charge in [0, 0.05) is 23.9 Å². The minimum absolute atomic E-state index is 0.157. The van der Waals surface area contributed by atoms with E-state index in [1.807, 2.05) is 0 Å². The van der Waals surface area contributed by atoms with Crippen molar-refractivity contribution in [1.29, 1.82) is 0 Å². The predicted molar refractivity (Wildman–Crippen MR) is 104 cm³/mol. The third kappa shape index (κ3) is 4.08. The average Bonchev–Trinajstić information content (AvgIpc) is 2.53. The molecule has 3 nitrogen and oxygen atoms in total. The molecule has 0 aromatic heterocycles. The second-order valence-electron chi connectivity index (χ2n) is 9.26. The van der Waals surface area contributed by atoms with Gasteiger partial charge < -0.3 is 10.6 Å². The van der Waals surface area contributed by atoms with Crippen LogP contribution in [0.15, 0.2) is 24.3 Å². The molecule has 138 valence electrons. The fourth-order valence-corrected chi connectivity index (χ4v) is 4.27. The van der Waals surface area contributed by atoms with E-state index in [9.17, 15) is 4.79 Å². The molecule has 2 fully saturated rings. The van der Waals surface area contributed by atoms with Gasteiger partial charge in [-0.15, -0.1) is 0 Å². The molecule has 0 unspecified atom stereocenters. The van der Waals surface area contributed by atoms with Crippen LogP contribution in [0, 0.1) is 5.92 Å². The van der Waals surface area contributed by atoms with Crippen LogP contribution in [-0.2, 0) is 15.6 Å². The van der Waals surface area contributed by atoms with E-state index in [4.69, 9.17) is 0 Å². The average molecular weight is 343 g/mol. The molecule has 2 N–H and O–H groups in total. The van der Waals surface area contributed by atoms with Crippen molar-refractivity contribution in [2.24, 2.45) is 5.92 Å². The van der Waals surface area contributed by atoms with Crippen LogP contribution in [-0.4, -0.2) is 25.0 Å². The van der Waals surface area contributed by atoms with Crippen LogP contribution >= 0.6 is 0 Å². The molecule has 1 aromatic rings. The second kappa shape index (κ2) is 7.11. The number of carbonyl (C=O) groups is 1. The highest BCUT2D eigenvalue weighted by Crippen LogP contribution is 2.43. The van der Waals surface area contributed by atoms with Gasteiger partial charge in [0.25, 0.3) is 0 Å². The SMILES string of the molecule is C[C@H]1C[C@@H](C(=O)NCC2(c3ccc(C(C)(C)C)cc3)CCC2)CCN1. The van der Waals surface area contributed by atoms with Gasteiger partial charge in [0.2, 0.25) is 5.91 Å². The first-order valence-corrected chi connectivity index (χ1v) is 9.92. The minimum atomic E-state index is 0.157. The summed E-state index contributed by atoms with van der Waals surface area (Å²) < 4.78 is 0. The van der Waals surface area contributed by atoms with Crippen molar-refractivity contribution in [3.05, 3.63) is 35.4 Å². The maximum atomic E-state index is 12.6. The molecule has 3 rings (SSSR count). The van der Waals surface area contributed by atoms with E-state index >= 15 is 0 Å². The summed E-state index contributed by atoms with van der Waals surface area (Å²) in [6.45, 7) is 10.7. The third-order valence-electron chi connectivity index (χ3n) is 6.27. The highest BCUT2D eigenvalue weighted by molar-refractivity contribution is 5.79.